The van der Waals surface area contributed by atoms with Gasteiger partial charge in [0.05, 0.1) is 4.90 Å². The minimum absolute atomic E-state index is 0.0248. The summed E-state index contributed by atoms with van der Waals surface area (Å²) < 4.78 is 26.5. The molecular formula is C19H25N3O3S. The second-order valence-electron chi connectivity index (χ2n) is 6.09. The van der Waals surface area contributed by atoms with Gasteiger partial charge in [0.15, 0.2) is 0 Å². The van der Waals surface area contributed by atoms with E-state index >= 15 is 0 Å². The number of hydrogen-bond donors (Lipinski definition) is 3. The average molecular weight is 375 g/mol. The minimum Gasteiger partial charge on any atom is -0.337 e. The van der Waals surface area contributed by atoms with Crippen LogP contribution in [0.1, 0.15) is 29.2 Å². The monoisotopic (exact) mass is 375 g/mol. The molecule has 4 N–H and O–H groups in total. The van der Waals surface area contributed by atoms with Crippen LogP contribution in [0, 0.1) is 6.92 Å². The van der Waals surface area contributed by atoms with Gasteiger partial charge in [-0.3, -0.25) is 0 Å². The van der Waals surface area contributed by atoms with Crippen molar-refractivity contribution in [2.45, 2.75) is 38.1 Å². The summed E-state index contributed by atoms with van der Waals surface area (Å²) in [4.78, 5) is 12.0. The summed E-state index contributed by atoms with van der Waals surface area (Å²) in [5, 5.41) is 2.60. The summed E-state index contributed by atoms with van der Waals surface area (Å²) in [6.07, 6.45) is 1.55. The lowest BCUT2D eigenvalue weighted by Gasteiger charge is -2.11. The maximum absolute atomic E-state index is 12.2. The van der Waals surface area contributed by atoms with E-state index in [1.54, 1.807) is 12.1 Å². The van der Waals surface area contributed by atoms with Crippen LogP contribution in [-0.2, 0) is 29.4 Å². The molecule has 0 radical (unpaired) electrons. The molecule has 0 bridgehead atoms. The standard InChI is InChI=1S/C19H25N3O3S/c1-3-16-7-4-14(2)12-17(16)10-11-21-19(23)22-26(24,25)18-8-5-15(13-20)6-9-18/h4-9,12H,3,10-11,13,20H2,1-2H3,(H2,21,22,23). The highest BCUT2D eigenvalue weighted by Gasteiger charge is 2.17. The van der Waals surface area contributed by atoms with E-state index in [2.05, 4.69) is 30.4 Å². The van der Waals surface area contributed by atoms with Crippen LogP contribution in [0.3, 0.4) is 0 Å². The molecule has 0 aliphatic heterocycles. The van der Waals surface area contributed by atoms with Gasteiger partial charge < -0.3 is 11.1 Å². The van der Waals surface area contributed by atoms with Crippen molar-refractivity contribution < 1.29 is 13.2 Å². The van der Waals surface area contributed by atoms with Crippen LogP contribution in [0.2, 0.25) is 0 Å². The Bertz CT molecular complexity index is 862. The van der Waals surface area contributed by atoms with Gasteiger partial charge in [-0.2, -0.15) is 0 Å². The molecule has 7 heteroatoms. The van der Waals surface area contributed by atoms with Crippen molar-refractivity contribution in [1.29, 1.82) is 0 Å². The lowest BCUT2D eigenvalue weighted by atomic mass is 10.00. The van der Waals surface area contributed by atoms with E-state index in [1.165, 1.54) is 17.7 Å². The lowest BCUT2D eigenvalue weighted by molar-refractivity contribution is 0.246. The van der Waals surface area contributed by atoms with E-state index in [0.29, 0.717) is 19.5 Å². The number of benzene rings is 2. The number of urea groups is 1. The highest BCUT2D eigenvalue weighted by atomic mass is 32.2. The van der Waals surface area contributed by atoms with Crippen LogP contribution in [-0.4, -0.2) is 21.0 Å². The summed E-state index contributed by atoms with van der Waals surface area (Å²) in [7, 11) is -3.90. The molecule has 0 aromatic heterocycles. The molecule has 0 fully saturated rings. The molecule has 0 heterocycles. The largest absolute Gasteiger partial charge is 0.337 e. The molecule has 0 aliphatic rings. The number of rotatable bonds is 7. The van der Waals surface area contributed by atoms with Crippen molar-refractivity contribution >= 4 is 16.1 Å². The van der Waals surface area contributed by atoms with Crippen LogP contribution < -0.4 is 15.8 Å². The molecular weight excluding hydrogens is 350 g/mol. The van der Waals surface area contributed by atoms with E-state index in [4.69, 9.17) is 5.73 Å². The minimum atomic E-state index is -3.90. The van der Waals surface area contributed by atoms with Gasteiger partial charge in [-0.1, -0.05) is 42.8 Å². The number of carbonyl (C=O) groups is 1. The molecule has 26 heavy (non-hydrogen) atoms. The summed E-state index contributed by atoms with van der Waals surface area (Å²) >= 11 is 0. The summed E-state index contributed by atoms with van der Waals surface area (Å²) in [5.41, 5.74) is 9.86. The second kappa shape index (κ2) is 8.82. The normalized spacial score (nSPS) is 11.2. The second-order valence-corrected chi connectivity index (χ2v) is 7.77. The van der Waals surface area contributed by atoms with Gasteiger partial charge >= 0.3 is 6.03 Å². The van der Waals surface area contributed by atoms with Gasteiger partial charge in [0, 0.05) is 13.1 Å². The fourth-order valence-corrected chi connectivity index (χ4v) is 3.59. The van der Waals surface area contributed by atoms with Gasteiger partial charge in [0.1, 0.15) is 0 Å². The first-order valence-electron chi connectivity index (χ1n) is 8.53. The Morgan fingerprint density at radius 2 is 1.77 bits per heavy atom. The Morgan fingerprint density at radius 3 is 2.38 bits per heavy atom. The number of carbonyl (C=O) groups excluding carboxylic acids is 1. The van der Waals surface area contributed by atoms with Gasteiger partial charge in [-0.05, 0) is 48.6 Å². The van der Waals surface area contributed by atoms with E-state index in [1.807, 2.05) is 11.6 Å². The Labute approximate surface area is 154 Å². The van der Waals surface area contributed by atoms with Crippen LogP contribution in [0.5, 0.6) is 0 Å². The third-order valence-corrected chi connectivity index (χ3v) is 5.47. The molecule has 0 aliphatic carbocycles. The summed E-state index contributed by atoms with van der Waals surface area (Å²) in [6, 6.07) is 11.6. The third kappa shape index (κ3) is 5.31. The number of nitrogens with one attached hydrogen (secondary N) is 2. The SMILES string of the molecule is CCc1ccc(C)cc1CCNC(=O)NS(=O)(=O)c1ccc(CN)cc1. The molecule has 2 rings (SSSR count). The average Bonchev–Trinajstić information content (AvgIpc) is 2.61. The molecule has 2 aromatic carbocycles. The molecule has 2 aromatic rings. The van der Waals surface area contributed by atoms with Crippen molar-refractivity contribution in [1.82, 2.24) is 10.0 Å². The topological polar surface area (TPSA) is 101 Å². The first-order valence-corrected chi connectivity index (χ1v) is 10.0. The smallest absolute Gasteiger partial charge is 0.328 e. The van der Waals surface area contributed by atoms with Crippen molar-refractivity contribution in [2.24, 2.45) is 5.73 Å². The fourth-order valence-electron chi connectivity index (χ4n) is 2.66. The van der Waals surface area contributed by atoms with Gasteiger partial charge in [-0.15, -0.1) is 0 Å². The first-order chi connectivity index (χ1) is 12.4. The van der Waals surface area contributed by atoms with E-state index < -0.39 is 16.1 Å². The predicted molar refractivity (Wildman–Crippen MR) is 102 cm³/mol. The lowest BCUT2D eigenvalue weighted by Crippen LogP contribution is -2.40. The maximum Gasteiger partial charge on any atom is 0.328 e. The van der Waals surface area contributed by atoms with E-state index in [0.717, 1.165) is 23.1 Å². The molecule has 0 saturated heterocycles. The van der Waals surface area contributed by atoms with Crippen LogP contribution >= 0.6 is 0 Å². The summed E-state index contributed by atoms with van der Waals surface area (Å²) in [6.45, 7) is 4.78. The number of amides is 2. The predicted octanol–water partition coefficient (Wildman–Crippen LogP) is 2.25. The fraction of sp³-hybridized carbons (Fsp3) is 0.316. The number of aryl methyl sites for hydroxylation is 2. The van der Waals surface area contributed by atoms with Crippen molar-refractivity contribution in [3.8, 4) is 0 Å². The first kappa shape index (κ1) is 19.9. The van der Waals surface area contributed by atoms with Crippen molar-refractivity contribution in [3.63, 3.8) is 0 Å². The maximum atomic E-state index is 12.2. The molecule has 0 unspecified atom stereocenters. The Hall–Kier alpha value is -2.38. The molecule has 140 valence electrons. The Balaban J connectivity index is 1.93. The highest BCUT2D eigenvalue weighted by Crippen LogP contribution is 2.13. The number of sulfonamides is 1. The Morgan fingerprint density at radius 1 is 1.08 bits per heavy atom. The summed E-state index contributed by atoms with van der Waals surface area (Å²) in [5.74, 6) is 0. The number of nitrogens with two attached hydrogens (primary N) is 1. The van der Waals surface area contributed by atoms with Gasteiger partial charge in [0.25, 0.3) is 10.0 Å². The van der Waals surface area contributed by atoms with E-state index in [-0.39, 0.29) is 4.90 Å². The van der Waals surface area contributed by atoms with Crippen molar-refractivity contribution in [3.05, 3.63) is 64.7 Å². The zero-order valence-electron chi connectivity index (χ0n) is 15.1. The van der Waals surface area contributed by atoms with Crippen molar-refractivity contribution in [2.75, 3.05) is 6.54 Å². The van der Waals surface area contributed by atoms with E-state index in [9.17, 15) is 13.2 Å². The molecule has 0 spiro atoms. The molecule has 0 saturated carbocycles. The molecule has 2 amide bonds. The highest BCUT2D eigenvalue weighted by molar-refractivity contribution is 7.90. The van der Waals surface area contributed by atoms with Crippen LogP contribution in [0.25, 0.3) is 0 Å². The molecule has 6 nitrogen and oxygen atoms in total. The van der Waals surface area contributed by atoms with Crippen LogP contribution in [0.4, 0.5) is 4.79 Å². The van der Waals surface area contributed by atoms with Gasteiger partial charge in [0.2, 0.25) is 0 Å². The number of hydrogen-bond acceptors (Lipinski definition) is 4. The van der Waals surface area contributed by atoms with Crippen LogP contribution in [0.15, 0.2) is 47.4 Å². The Kier molecular flexibility index (Phi) is 6.76. The third-order valence-electron chi connectivity index (χ3n) is 4.12. The quantitative estimate of drug-likeness (QED) is 0.691. The zero-order valence-corrected chi connectivity index (χ0v) is 15.9. The van der Waals surface area contributed by atoms with Gasteiger partial charge in [-0.25, -0.2) is 17.9 Å². The zero-order chi connectivity index (χ0) is 19.2. The molecule has 0 atom stereocenters.